The van der Waals surface area contributed by atoms with Crippen LogP contribution >= 0.6 is 11.6 Å². The Hall–Kier alpha value is -3.64. The molecule has 0 saturated heterocycles. The van der Waals surface area contributed by atoms with Gasteiger partial charge in [-0.05, 0) is 72.0 Å². The fourth-order valence-corrected chi connectivity index (χ4v) is 5.24. The van der Waals surface area contributed by atoms with Gasteiger partial charge >= 0.3 is 5.97 Å². The van der Waals surface area contributed by atoms with Crippen molar-refractivity contribution in [2.45, 2.75) is 37.8 Å². The van der Waals surface area contributed by atoms with Gasteiger partial charge in [0.05, 0.1) is 7.11 Å². The second kappa shape index (κ2) is 9.19. The lowest BCUT2D eigenvalue weighted by Crippen LogP contribution is -2.53. The van der Waals surface area contributed by atoms with E-state index in [1.165, 1.54) is 7.11 Å². The Morgan fingerprint density at radius 1 is 0.943 bits per heavy atom. The molecule has 0 atom stereocenters. The molecular formula is C28H25ClN2O4. The van der Waals surface area contributed by atoms with Gasteiger partial charge in [0.2, 0.25) is 0 Å². The fourth-order valence-electron chi connectivity index (χ4n) is 5.11. The number of esters is 1. The zero-order chi connectivity index (χ0) is 24.6. The first-order valence-corrected chi connectivity index (χ1v) is 12.0. The van der Waals surface area contributed by atoms with Gasteiger partial charge < -0.3 is 15.0 Å². The van der Waals surface area contributed by atoms with Crippen molar-refractivity contribution in [3.05, 3.63) is 88.4 Å². The van der Waals surface area contributed by atoms with Crippen molar-refractivity contribution in [2.24, 2.45) is 0 Å². The molecule has 178 valence electrons. The summed E-state index contributed by atoms with van der Waals surface area (Å²) in [5.74, 6) is -0.669. The van der Waals surface area contributed by atoms with Crippen molar-refractivity contribution < 1.29 is 19.1 Å². The van der Waals surface area contributed by atoms with Crippen molar-refractivity contribution in [3.8, 4) is 11.1 Å². The van der Waals surface area contributed by atoms with Crippen molar-refractivity contribution in [3.63, 3.8) is 0 Å². The number of hydrogen-bond donors (Lipinski definition) is 1. The molecule has 0 bridgehead atoms. The van der Waals surface area contributed by atoms with Crippen LogP contribution in [-0.4, -0.2) is 35.3 Å². The van der Waals surface area contributed by atoms with Crippen LogP contribution in [0.1, 0.15) is 52.0 Å². The van der Waals surface area contributed by atoms with Gasteiger partial charge in [-0.25, -0.2) is 4.79 Å². The number of nitrogens with one attached hydrogen (secondary N) is 1. The summed E-state index contributed by atoms with van der Waals surface area (Å²) >= 11 is 5.89. The molecule has 0 unspecified atom stereocenters. The second-order valence-corrected chi connectivity index (χ2v) is 9.47. The summed E-state index contributed by atoms with van der Waals surface area (Å²) in [6, 6.07) is 20.0. The Bertz CT molecular complexity index is 1300. The van der Waals surface area contributed by atoms with Crippen molar-refractivity contribution >= 4 is 35.1 Å². The lowest BCUT2D eigenvalue weighted by molar-refractivity contribution is -0.153. The Balaban J connectivity index is 1.34. The quantitative estimate of drug-likeness (QED) is 0.467. The molecular weight excluding hydrogens is 464 g/mol. The number of fused-ring (bicyclic) bond motifs is 1. The molecule has 7 heteroatoms. The zero-order valence-corrected chi connectivity index (χ0v) is 20.1. The summed E-state index contributed by atoms with van der Waals surface area (Å²) < 4.78 is 5.09. The third-order valence-electron chi connectivity index (χ3n) is 7.01. The minimum absolute atomic E-state index is 0.124. The topological polar surface area (TPSA) is 75.7 Å². The molecule has 3 aromatic carbocycles. The highest BCUT2D eigenvalue weighted by atomic mass is 35.5. The van der Waals surface area contributed by atoms with Crippen LogP contribution in [0.2, 0.25) is 5.02 Å². The van der Waals surface area contributed by atoms with Crippen LogP contribution in [0.5, 0.6) is 0 Å². The van der Waals surface area contributed by atoms with E-state index in [0.717, 1.165) is 29.5 Å². The molecule has 5 rings (SSSR count). The lowest BCUT2D eigenvalue weighted by atomic mass is 9.95. The van der Waals surface area contributed by atoms with Gasteiger partial charge in [0, 0.05) is 28.4 Å². The van der Waals surface area contributed by atoms with E-state index in [1.807, 2.05) is 42.5 Å². The maximum atomic E-state index is 13.4. The number of halogens is 1. The van der Waals surface area contributed by atoms with E-state index in [0.29, 0.717) is 41.2 Å². The van der Waals surface area contributed by atoms with Crippen LogP contribution in [0, 0.1) is 0 Å². The Morgan fingerprint density at radius 2 is 1.60 bits per heavy atom. The molecule has 35 heavy (non-hydrogen) atoms. The molecule has 0 radical (unpaired) electrons. The summed E-state index contributed by atoms with van der Waals surface area (Å²) in [6.07, 6.45) is 3.08. The van der Waals surface area contributed by atoms with Crippen molar-refractivity contribution in [2.75, 3.05) is 12.4 Å². The number of carbonyl (C=O) groups excluding carboxylic acids is 3. The summed E-state index contributed by atoms with van der Waals surface area (Å²) in [5, 5.41) is 3.45. The van der Waals surface area contributed by atoms with Gasteiger partial charge in [-0.2, -0.15) is 0 Å². The lowest BCUT2D eigenvalue weighted by Gasteiger charge is -2.35. The van der Waals surface area contributed by atoms with E-state index in [4.69, 9.17) is 16.3 Å². The molecule has 0 spiro atoms. The fraction of sp³-hybridized carbons (Fsp3) is 0.250. The smallest absolute Gasteiger partial charge is 0.331 e. The van der Waals surface area contributed by atoms with Crippen LogP contribution < -0.4 is 5.32 Å². The number of amides is 2. The van der Waals surface area contributed by atoms with Gasteiger partial charge in [-0.1, -0.05) is 48.7 Å². The van der Waals surface area contributed by atoms with Gasteiger partial charge in [0.15, 0.2) is 0 Å². The molecule has 1 aliphatic carbocycles. The largest absolute Gasteiger partial charge is 0.467 e. The third kappa shape index (κ3) is 4.19. The normalized spacial score (nSPS) is 16.2. The van der Waals surface area contributed by atoms with E-state index in [2.05, 4.69) is 5.32 Å². The number of rotatable bonds is 5. The highest BCUT2D eigenvalue weighted by Crippen LogP contribution is 2.42. The number of benzene rings is 3. The number of nitrogens with zero attached hydrogens (tertiary/aromatic N) is 1. The second-order valence-electron chi connectivity index (χ2n) is 9.03. The maximum Gasteiger partial charge on any atom is 0.331 e. The van der Waals surface area contributed by atoms with E-state index < -0.39 is 5.54 Å². The Labute approximate surface area is 208 Å². The van der Waals surface area contributed by atoms with Crippen molar-refractivity contribution in [1.29, 1.82) is 0 Å². The van der Waals surface area contributed by atoms with Crippen molar-refractivity contribution in [1.82, 2.24) is 4.90 Å². The average molecular weight is 489 g/mol. The molecule has 1 heterocycles. The molecule has 0 aromatic heterocycles. The van der Waals surface area contributed by atoms with Crippen LogP contribution in [0.15, 0.2) is 66.7 Å². The SMILES string of the molecule is COC(=O)C1(N2Cc3ccc(-c4ccc(NC(=O)c5ccc(Cl)cc5)cc4)cc3C2=O)CCCC1. The highest BCUT2D eigenvalue weighted by Gasteiger charge is 2.51. The molecule has 6 nitrogen and oxygen atoms in total. The van der Waals surface area contributed by atoms with Gasteiger partial charge in [-0.3, -0.25) is 9.59 Å². The molecule has 1 saturated carbocycles. The van der Waals surface area contributed by atoms with E-state index >= 15 is 0 Å². The number of carbonyl (C=O) groups is 3. The summed E-state index contributed by atoms with van der Waals surface area (Å²) in [6.45, 7) is 0.416. The van der Waals surface area contributed by atoms with Gasteiger partial charge in [0.1, 0.15) is 5.54 Å². The highest BCUT2D eigenvalue weighted by molar-refractivity contribution is 6.30. The Kier molecular flexibility index (Phi) is 6.07. The first-order chi connectivity index (χ1) is 16.9. The molecule has 2 aliphatic rings. The summed E-state index contributed by atoms with van der Waals surface area (Å²) in [5.41, 5.74) is 3.68. The number of ether oxygens (including phenoxy) is 1. The first kappa shape index (κ1) is 23.1. The van der Waals surface area contributed by atoms with Crippen LogP contribution in [0.3, 0.4) is 0 Å². The maximum absolute atomic E-state index is 13.4. The first-order valence-electron chi connectivity index (χ1n) is 11.6. The van der Waals surface area contributed by atoms with Crippen LogP contribution in [0.4, 0.5) is 5.69 Å². The van der Waals surface area contributed by atoms with Crippen LogP contribution in [0.25, 0.3) is 11.1 Å². The Morgan fingerprint density at radius 3 is 2.26 bits per heavy atom. The molecule has 1 aliphatic heterocycles. The minimum Gasteiger partial charge on any atom is -0.467 e. The number of anilines is 1. The predicted octanol–water partition coefficient (Wildman–Crippen LogP) is 5.70. The summed E-state index contributed by atoms with van der Waals surface area (Å²) in [4.78, 5) is 40.2. The predicted molar refractivity (Wildman–Crippen MR) is 134 cm³/mol. The number of methoxy groups -OCH3 is 1. The molecule has 3 aromatic rings. The minimum atomic E-state index is -0.866. The molecule has 2 amide bonds. The van der Waals surface area contributed by atoms with E-state index in [1.54, 1.807) is 29.2 Å². The molecule has 1 fully saturated rings. The average Bonchev–Trinajstić information content (AvgIpc) is 3.50. The third-order valence-corrected chi connectivity index (χ3v) is 7.26. The van der Waals surface area contributed by atoms with E-state index in [-0.39, 0.29) is 17.8 Å². The molecule has 1 N–H and O–H groups in total. The van der Waals surface area contributed by atoms with E-state index in [9.17, 15) is 14.4 Å². The summed E-state index contributed by atoms with van der Waals surface area (Å²) in [7, 11) is 1.38. The number of hydrogen-bond acceptors (Lipinski definition) is 4. The zero-order valence-electron chi connectivity index (χ0n) is 19.3. The monoisotopic (exact) mass is 488 g/mol. The van der Waals surface area contributed by atoms with Crippen LogP contribution in [-0.2, 0) is 16.1 Å². The standard InChI is InChI=1S/C28H25ClN2O4/c1-35-27(34)28(14-2-3-15-28)31-17-21-5-4-20(16-24(21)26(31)33)18-8-12-23(13-9-18)30-25(32)19-6-10-22(29)11-7-19/h4-13,16H,2-3,14-15,17H2,1H3,(H,30,32). The van der Waals surface area contributed by atoms with Gasteiger partial charge in [-0.15, -0.1) is 0 Å². The van der Waals surface area contributed by atoms with Gasteiger partial charge in [0.25, 0.3) is 11.8 Å².